The van der Waals surface area contributed by atoms with Gasteiger partial charge in [-0.15, -0.1) is 0 Å². The van der Waals surface area contributed by atoms with Crippen molar-refractivity contribution in [1.82, 2.24) is 5.48 Å². The number of nitrogens with zero attached hydrogens (tertiary/aromatic N) is 1. The van der Waals surface area contributed by atoms with Gasteiger partial charge >= 0.3 is 0 Å². The zero-order chi connectivity index (χ0) is 9.68. The smallest absolute Gasteiger partial charge is 0.213 e. The molecule has 0 bridgehead atoms. The third-order valence-corrected chi connectivity index (χ3v) is 1.80. The Kier molecular flexibility index (Phi) is 3.28. The molecule has 4 N–H and O–H groups in total. The van der Waals surface area contributed by atoms with E-state index in [1.807, 2.05) is 31.2 Å². The number of hydrogen-bond acceptors (Lipinski definition) is 2. The summed E-state index contributed by atoms with van der Waals surface area (Å²) in [5.74, 6) is 0.0308. The van der Waals surface area contributed by atoms with Crippen molar-refractivity contribution in [2.75, 3.05) is 0 Å². The number of benzene rings is 1. The minimum absolute atomic E-state index is 0.0308. The zero-order valence-electron chi connectivity index (χ0n) is 7.49. The van der Waals surface area contributed by atoms with Crippen LogP contribution in [0.1, 0.15) is 11.1 Å². The fraction of sp³-hybridized carbons (Fsp3) is 0.222. The summed E-state index contributed by atoms with van der Waals surface area (Å²) in [6.07, 6.45) is 0. The normalized spacial score (nSPS) is 11.4. The first-order valence-corrected chi connectivity index (χ1v) is 3.98. The Hall–Kier alpha value is -1.55. The predicted molar refractivity (Wildman–Crippen MR) is 51.4 cm³/mol. The second-order valence-corrected chi connectivity index (χ2v) is 2.74. The first-order chi connectivity index (χ1) is 6.24. The summed E-state index contributed by atoms with van der Waals surface area (Å²) in [4.78, 5) is 3.91. The molecule has 0 fully saturated rings. The largest absolute Gasteiger partial charge is 0.368 e. The summed E-state index contributed by atoms with van der Waals surface area (Å²) in [5.41, 5.74) is 9.30. The van der Waals surface area contributed by atoms with Gasteiger partial charge in [0.25, 0.3) is 0 Å². The molecule has 4 heteroatoms. The van der Waals surface area contributed by atoms with Crippen molar-refractivity contribution in [3.63, 3.8) is 0 Å². The number of aryl methyl sites for hydroxylation is 1. The van der Waals surface area contributed by atoms with Crippen LogP contribution in [0.15, 0.2) is 29.3 Å². The summed E-state index contributed by atoms with van der Waals surface area (Å²) < 4.78 is 0. The zero-order valence-corrected chi connectivity index (χ0v) is 7.49. The van der Waals surface area contributed by atoms with Crippen molar-refractivity contribution in [2.24, 2.45) is 10.7 Å². The van der Waals surface area contributed by atoms with Gasteiger partial charge in [-0.25, -0.2) is 10.5 Å². The topological polar surface area (TPSA) is 70.6 Å². The molecule has 0 heterocycles. The number of hydroxylamine groups is 1. The Bertz CT molecular complexity index is 309. The van der Waals surface area contributed by atoms with Crippen LogP contribution in [-0.2, 0) is 6.54 Å². The fourth-order valence-electron chi connectivity index (χ4n) is 0.993. The Balaban J connectivity index is 2.70. The highest BCUT2D eigenvalue weighted by Gasteiger charge is 1.94. The van der Waals surface area contributed by atoms with E-state index in [0.717, 1.165) is 11.1 Å². The average Bonchev–Trinajstić information content (AvgIpc) is 2.16. The maximum absolute atomic E-state index is 8.38. The number of nitrogens with one attached hydrogen (secondary N) is 1. The molecule has 0 spiro atoms. The standard InChI is InChI=1S/C9H13N3O/c1-7-4-2-3-5-8(7)6-11-9(10)12-13/h2-5,13H,6H2,1H3,(H3,10,11,12). The van der Waals surface area contributed by atoms with Crippen LogP contribution in [0.2, 0.25) is 0 Å². The van der Waals surface area contributed by atoms with E-state index in [0.29, 0.717) is 6.54 Å². The minimum atomic E-state index is 0.0308. The van der Waals surface area contributed by atoms with Gasteiger partial charge in [-0.2, -0.15) is 0 Å². The number of hydrogen-bond donors (Lipinski definition) is 3. The molecule has 0 aliphatic rings. The fourth-order valence-corrected chi connectivity index (χ4v) is 0.993. The minimum Gasteiger partial charge on any atom is -0.368 e. The molecular weight excluding hydrogens is 166 g/mol. The van der Waals surface area contributed by atoms with Crippen molar-refractivity contribution in [3.05, 3.63) is 35.4 Å². The lowest BCUT2D eigenvalue weighted by Gasteiger charge is -2.02. The van der Waals surface area contributed by atoms with Crippen LogP contribution in [0.5, 0.6) is 0 Å². The molecule has 0 unspecified atom stereocenters. The monoisotopic (exact) mass is 179 g/mol. The van der Waals surface area contributed by atoms with Gasteiger partial charge in [-0.3, -0.25) is 5.21 Å². The van der Waals surface area contributed by atoms with Crippen molar-refractivity contribution in [1.29, 1.82) is 0 Å². The van der Waals surface area contributed by atoms with Crippen molar-refractivity contribution in [3.8, 4) is 0 Å². The van der Waals surface area contributed by atoms with Gasteiger partial charge in [-0.1, -0.05) is 24.3 Å². The highest BCUT2D eigenvalue weighted by atomic mass is 16.5. The molecule has 0 aliphatic carbocycles. The highest BCUT2D eigenvalue weighted by molar-refractivity contribution is 5.76. The quantitative estimate of drug-likeness (QED) is 0.357. The molecule has 0 amide bonds. The molecule has 1 rings (SSSR count). The lowest BCUT2D eigenvalue weighted by molar-refractivity contribution is 0.232. The molecule has 0 saturated heterocycles. The third-order valence-electron chi connectivity index (χ3n) is 1.80. The predicted octanol–water partition coefficient (Wildman–Crippen LogP) is 0.789. The van der Waals surface area contributed by atoms with Crippen LogP contribution in [0, 0.1) is 6.92 Å². The van der Waals surface area contributed by atoms with Gasteiger partial charge in [0.2, 0.25) is 5.96 Å². The van der Waals surface area contributed by atoms with Crippen LogP contribution in [-0.4, -0.2) is 11.2 Å². The van der Waals surface area contributed by atoms with E-state index in [1.54, 1.807) is 5.48 Å². The molecule has 0 aromatic heterocycles. The van der Waals surface area contributed by atoms with Gasteiger partial charge in [-0.05, 0) is 18.1 Å². The first-order valence-electron chi connectivity index (χ1n) is 3.98. The molecule has 70 valence electrons. The second kappa shape index (κ2) is 4.47. The second-order valence-electron chi connectivity index (χ2n) is 2.74. The van der Waals surface area contributed by atoms with Crippen LogP contribution in [0.4, 0.5) is 0 Å². The van der Waals surface area contributed by atoms with E-state index in [9.17, 15) is 0 Å². The van der Waals surface area contributed by atoms with E-state index in [2.05, 4.69) is 4.99 Å². The molecule has 13 heavy (non-hydrogen) atoms. The first kappa shape index (κ1) is 9.54. The molecule has 0 saturated carbocycles. The van der Waals surface area contributed by atoms with Gasteiger partial charge in [0.1, 0.15) is 0 Å². The molecule has 1 aromatic rings. The Morgan fingerprint density at radius 2 is 2.23 bits per heavy atom. The molecule has 0 aliphatic heterocycles. The molecule has 0 radical (unpaired) electrons. The molecule has 0 atom stereocenters. The summed E-state index contributed by atoms with van der Waals surface area (Å²) in [7, 11) is 0. The lowest BCUT2D eigenvalue weighted by atomic mass is 10.1. The van der Waals surface area contributed by atoms with Crippen LogP contribution >= 0.6 is 0 Å². The Morgan fingerprint density at radius 3 is 2.85 bits per heavy atom. The van der Waals surface area contributed by atoms with E-state index >= 15 is 0 Å². The summed E-state index contributed by atoms with van der Waals surface area (Å²) >= 11 is 0. The third kappa shape index (κ3) is 2.76. The maximum atomic E-state index is 8.38. The van der Waals surface area contributed by atoms with Crippen LogP contribution in [0.3, 0.4) is 0 Å². The van der Waals surface area contributed by atoms with Crippen molar-refractivity contribution in [2.45, 2.75) is 13.5 Å². The van der Waals surface area contributed by atoms with Crippen LogP contribution < -0.4 is 11.2 Å². The summed E-state index contributed by atoms with van der Waals surface area (Å²) in [5, 5.41) is 8.38. The van der Waals surface area contributed by atoms with E-state index < -0.39 is 0 Å². The van der Waals surface area contributed by atoms with E-state index in [-0.39, 0.29) is 5.96 Å². The van der Waals surface area contributed by atoms with E-state index in [4.69, 9.17) is 10.9 Å². The summed E-state index contributed by atoms with van der Waals surface area (Å²) in [6.45, 7) is 2.49. The SMILES string of the molecule is Cc1ccccc1CN=C(N)NO. The Morgan fingerprint density at radius 1 is 1.54 bits per heavy atom. The van der Waals surface area contributed by atoms with Crippen molar-refractivity contribution >= 4 is 5.96 Å². The number of guanidine groups is 1. The molecule has 1 aromatic carbocycles. The number of rotatable bonds is 2. The maximum Gasteiger partial charge on any atom is 0.213 e. The van der Waals surface area contributed by atoms with Gasteiger partial charge in [0.15, 0.2) is 0 Å². The average molecular weight is 179 g/mol. The molecular formula is C9H13N3O. The number of nitrogens with two attached hydrogens (primary N) is 1. The van der Waals surface area contributed by atoms with Crippen LogP contribution in [0.25, 0.3) is 0 Å². The highest BCUT2D eigenvalue weighted by Crippen LogP contribution is 2.07. The molecule has 4 nitrogen and oxygen atoms in total. The van der Waals surface area contributed by atoms with Gasteiger partial charge < -0.3 is 5.73 Å². The number of aliphatic imine (C=N–C) groups is 1. The van der Waals surface area contributed by atoms with E-state index in [1.165, 1.54) is 0 Å². The summed E-state index contributed by atoms with van der Waals surface area (Å²) in [6, 6.07) is 7.90. The lowest BCUT2D eigenvalue weighted by Crippen LogP contribution is -2.28. The Labute approximate surface area is 77.1 Å². The van der Waals surface area contributed by atoms with Crippen molar-refractivity contribution < 1.29 is 5.21 Å². The van der Waals surface area contributed by atoms with Gasteiger partial charge in [0.05, 0.1) is 6.54 Å². The van der Waals surface area contributed by atoms with Gasteiger partial charge in [0, 0.05) is 0 Å².